The molecule has 100 valence electrons. The Labute approximate surface area is 121 Å². The van der Waals surface area contributed by atoms with Crippen LogP contribution < -0.4 is 5.73 Å². The third kappa shape index (κ3) is 2.98. The van der Waals surface area contributed by atoms with Crippen LogP contribution in [0.2, 0.25) is 0 Å². The number of anilines is 1. The minimum Gasteiger partial charge on any atom is -0.398 e. The van der Waals surface area contributed by atoms with Gasteiger partial charge in [-0.15, -0.1) is 0 Å². The first-order valence-corrected chi connectivity index (χ1v) is 8.17. The first-order chi connectivity index (χ1) is 8.92. The van der Waals surface area contributed by atoms with Crippen molar-refractivity contribution >= 4 is 31.5 Å². The van der Waals surface area contributed by atoms with Crippen LogP contribution in [0.3, 0.4) is 0 Å². The Morgan fingerprint density at radius 2 is 1.79 bits per heavy atom. The molecule has 0 spiro atoms. The Morgan fingerprint density at radius 3 is 2.47 bits per heavy atom. The number of rotatable bonds is 3. The molecule has 0 atom stereocenters. The second-order valence-electron chi connectivity index (χ2n) is 4.34. The van der Waals surface area contributed by atoms with Gasteiger partial charge >= 0.3 is 0 Å². The van der Waals surface area contributed by atoms with E-state index in [4.69, 9.17) is 5.73 Å². The number of sulfone groups is 1. The summed E-state index contributed by atoms with van der Waals surface area (Å²) in [7, 11) is -3.37. The standard InChI is InChI=1S/C14H14BrNO2S/c1-10-5-2-3-8-13(10)19(17,18)9-11-6-4-7-12(16)14(11)15/h2-8H,9,16H2,1H3. The highest BCUT2D eigenvalue weighted by atomic mass is 79.9. The average Bonchev–Trinajstić information content (AvgIpc) is 2.35. The van der Waals surface area contributed by atoms with Crippen molar-refractivity contribution in [2.24, 2.45) is 0 Å². The summed E-state index contributed by atoms with van der Waals surface area (Å²) in [5.41, 5.74) is 7.73. The fraction of sp³-hybridized carbons (Fsp3) is 0.143. The maximum Gasteiger partial charge on any atom is 0.182 e. The van der Waals surface area contributed by atoms with Gasteiger partial charge in [0.15, 0.2) is 9.84 Å². The molecule has 2 rings (SSSR count). The maximum absolute atomic E-state index is 12.4. The van der Waals surface area contributed by atoms with E-state index in [1.54, 1.807) is 43.3 Å². The Morgan fingerprint density at radius 1 is 1.11 bits per heavy atom. The lowest BCUT2D eigenvalue weighted by Gasteiger charge is -2.10. The smallest absolute Gasteiger partial charge is 0.182 e. The molecule has 0 aliphatic carbocycles. The van der Waals surface area contributed by atoms with Gasteiger partial charge in [0, 0.05) is 10.2 Å². The Hall–Kier alpha value is -1.33. The quantitative estimate of drug-likeness (QED) is 0.872. The molecule has 0 saturated carbocycles. The lowest BCUT2D eigenvalue weighted by atomic mass is 10.2. The van der Waals surface area contributed by atoms with Gasteiger partial charge in [-0.05, 0) is 46.1 Å². The van der Waals surface area contributed by atoms with Crippen LogP contribution in [-0.4, -0.2) is 8.42 Å². The topological polar surface area (TPSA) is 60.2 Å². The van der Waals surface area contributed by atoms with Crippen LogP contribution in [0.1, 0.15) is 11.1 Å². The van der Waals surface area contributed by atoms with Crippen molar-refractivity contribution in [2.75, 3.05) is 5.73 Å². The van der Waals surface area contributed by atoms with E-state index in [9.17, 15) is 8.42 Å². The molecule has 2 aromatic rings. The van der Waals surface area contributed by atoms with Crippen molar-refractivity contribution in [3.63, 3.8) is 0 Å². The minimum absolute atomic E-state index is 0.0660. The predicted molar refractivity (Wildman–Crippen MR) is 80.6 cm³/mol. The van der Waals surface area contributed by atoms with Gasteiger partial charge in [-0.25, -0.2) is 8.42 Å². The SMILES string of the molecule is Cc1ccccc1S(=O)(=O)Cc1cccc(N)c1Br. The Balaban J connectivity index is 2.43. The predicted octanol–water partition coefficient (Wildman–Crippen LogP) is 3.31. The second kappa shape index (κ2) is 5.35. The summed E-state index contributed by atoms with van der Waals surface area (Å²) in [6, 6.07) is 12.2. The summed E-state index contributed by atoms with van der Waals surface area (Å²) in [5.74, 6) is -0.0660. The number of hydrogen-bond donors (Lipinski definition) is 1. The molecule has 0 aliphatic heterocycles. The molecule has 5 heteroatoms. The fourth-order valence-corrected chi connectivity index (χ4v) is 4.14. The number of benzene rings is 2. The molecule has 2 aromatic carbocycles. The highest BCUT2D eigenvalue weighted by Gasteiger charge is 2.19. The first kappa shape index (κ1) is 14.1. The van der Waals surface area contributed by atoms with E-state index in [0.717, 1.165) is 5.56 Å². The molecule has 0 unspecified atom stereocenters. The summed E-state index contributed by atoms with van der Waals surface area (Å²) in [6.07, 6.45) is 0. The van der Waals surface area contributed by atoms with Gasteiger partial charge in [-0.3, -0.25) is 0 Å². The van der Waals surface area contributed by atoms with Crippen LogP contribution >= 0.6 is 15.9 Å². The van der Waals surface area contributed by atoms with Gasteiger partial charge in [-0.1, -0.05) is 30.3 Å². The molecule has 2 N–H and O–H groups in total. The van der Waals surface area contributed by atoms with Crippen molar-refractivity contribution in [3.05, 3.63) is 58.1 Å². The van der Waals surface area contributed by atoms with Gasteiger partial charge < -0.3 is 5.73 Å². The van der Waals surface area contributed by atoms with E-state index in [-0.39, 0.29) is 5.75 Å². The van der Waals surface area contributed by atoms with E-state index in [2.05, 4.69) is 15.9 Å². The van der Waals surface area contributed by atoms with Gasteiger partial charge in [-0.2, -0.15) is 0 Å². The summed E-state index contributed by atoms with van der Waals surface area (Å²) >= 11 is 3.33. The highest BCUT2D eigenvalue weighted by molar-refractivity contribution is 9.10. The Kier molecular flexibility index (Phi) is 3.96. The fourth-order valence-electron chi connectivity index (χ4n) is 1.90. The van der Waals surface area contributed by atoms with E-state index in [1.807, 2.05) is 6.07 Å². The van der Waals surface area contributed by atoms with E-state index in [0.29, 0.717) is 20.6 Å². The zero-order chi connectivity index (χ0) is 14.0. The van der Waals surface area contributed by atoms with Crippen LogP contribution in [-0.2, 0) is 15.6 Å². The van der Waals surface area contributed by atoms with Gasteiger partial charge in [0.25, 0.3) is 0 Å². The molecule has 0 fully saturated rings. The monoisotopic (exact) mass is 339 g/mol. The maximum atomic E-state index is 12.4. The number of nitrogen functional groups attached to an aromatic ring is 1. The van der Waals surface area contributed by atoms with Gasteiger partial charge in [0.2, 0.25) is 0 Å². The number of aryl methyl sites for hydroxylation is 1. The molecule has 19 heavy (non-hydrogen) atoms. The number of halogens is 1. The summed E-state index contributed by atoms with van der Waals surface area (Å²) in [4.78, 5) is 0.365. The molecular weight excluding hydrogens is 326 g/mol. The van der Waals surface area contributed by atoms with E-state index < -0.39 is 9.84 Å². The third-order valence-corrected chi connectivity index (χ3v) is 5.67. The second-order valence-corrected chi connectivity index (χ2v) is 7.10. The van der Waals surface area contributed by atoms with Crippen LogP contribution in [0.4, 0.5) is 5.69 Å². The number of nitrogens with two attached hydrogens (primary N) is 1. The lowest BCUT2D eigenvalue weighted by Crippen LogP contribution is -2.07. The molecule has 0 radical (unpaired) electrons. The van der Waals surface area contributed by atoms with Crippen LogP contribution in [0.15, 0.2) is 51.8 Å². The Bertz CT molecular complexity index is 711. The van der Waals surface area contributed by atoms with Gasteiger partial charge in [0.05, 0.1) is 10.6 Å². The highest BCUT2D eigenvalue weighted by Crippen LogP contribution is 2.28. The van der Waals surface area contributed by atoms with Crippen molar-refractivity contribution in [1.29, 1.82) is 0 Å². The van der Waals surface area contributed by atoms with Crippen molar-refractivity contribution < 1.29 is 8.42 Å². The van der Waals surface area contributed by atoms with Gasteiger partial charge in [0.1, 0.15) is 0 Å². The summed E-state index contributed by atoms with van der Waals surface area (Å²) in [6.45, 7) is 1.79. The van der Waals surface area contributed by atoms with Crippen LogP contribution in [0.5, 0.6) is 0 Å². The average molecular weight is 340 g/mol. The molecule has 0 aromatic heterocycles. The normalized spacial score (nSPS) is 11.5. The van der Waals surface area contributed by atoms with Crippen molar-refractivity contribution in [3.8, 4) is 0 Å². The minimum atomic E-state index is -3.37. The molecule has 0 aliphatic rings. The summed E-state index contributed by atoms with van der Waals surface area (Å²) < 4.78 is 25.5. The first-order valence-electron chi connectivity index (χ1n) is 5.73. The third-order valence-electron chi connectivity index (χ3n) is 2.88. The molecule has 3 nitrogen and oxygen atoms in total. The van der Waals surface area contributed by atoms with Crippen molar-refractivity contribution in [1.82, 2.24) is 0 Å². The largest absolute Gasteiger partial charge is 0.398 e. The van der Waals surface area contributed by atoms with Crippen LogP contribution in [0.25, 0.3) is 0 Å². The zero-order valence-electron chi connectivity index (χ0n) is 10.4. The molecule has 0 heterocycles. The molecule has 0 amide bonds. The van der Waals surface area contributed by atoms with E-state index >= 15 is 0 Å². The lowest BCUT2D eigenvalue weighted by molar-refractivity contribution is 0.594. The summed E-state index contributed by atoms with van der Waals surface area (Å²) in [5, 5.41) is 0. The zero-order valence-corrected chi connectivity index (χ0v) is 12.8. The molecule has 0 saturated heterocycles. The number of hydrogen-bond acceptors (Lipinski definition) is 3. The van der Waals surface area contributed by atoms with Crippen molar-refractivity contribution in [2.45, 2.75) is 17.6 Å². The molecular formula is C14H14BrNO2S. The van der Waals surface area contributed by atoms with Crippen LogP contribution in [0, 0.1) is 6.92 Å². The van der Waals surface area contributed by atoms with E-state index in [1.165, 1.54) is 0 Å². The molecule has 0 bridgehead atoms.